The van der Waals surface area contributed by atoms with Crippen LogP contribution in [0.2, 0.25) is 0 Å². The van der Waals surface area contributed by atoms with E-state index >= 15 is 0 Å². The Bertz CT molecular complexity index is 586. The number of halogens is 1. The van der Waals surface area contributed by atoms with Crippen LogP contribution in [0.4, 0.5) is 10.1 Å². The first kappa shape index (κ1) is 12.8. The average Bonchev–Trinajstić information content (AvgIpc) is 2.76. The van der Waals surface area contributed by atoms with Crippen molar-refractivity contribution in [2.24, 2.45) is 0 Å². The smallest absolute Gasteiger partial charge is 0.365 e. The van der Waals surface area contributed by atoms with Crippen molar-refractivity contribution < 1.29 is 14.3 Å². The normalized spacial score (nSPS) is 10.5. The van der Waals surface area contributed by atoms with Crippen LogP contribution in [0.15, 0.2) is 28.5 Å². The number of aromatic carboxylic acids is 1. The van der Waals surface area contributed by atoms with Crippen molar-refractivity contribution in [1.29, 1.82) is 0 Å². The minimum absolute atomic E-state index is 0.0448. The topological polar surface area (TPSA) is 76.2 Å². The molecule has 0 amide bonds. The number of carbonyl (C=O) groups is 1. The number of aromatic nitrogens is 1. The molecule has 0 saturated carbocycles. The van der Waals surface area contributed by atoms with E-state index in [0.29, 0.717) is 22.0 Å². The number of hydrogen-bond acceptors (Lipinski definition) is 5. The van der Waals surface area contributed by atoms with Gasteiger partial charge in [0.1, 0.15) is 5.82 Å². The molecule has 1 aromatic heterocycles. The summed E-state index contributed by atoms with van der Waals surface area (Å²) in [6, 6.07) is 4.47. The lowest BCUT2D eigenvalue weighted by Crippen LogP contribution is -1.95. The standard InChI is InChI=1S/C11H9FN2O2S2/c12-8-3-6(13)1-2-9(8)17-4-7-5-18-10(14-7)11(15)16/h1-3,5H,4,13H2,(H,15,16). The minimum Gasteiger partial charge on any atom is -0.476 e. The van der Waals surface area contributed by atoms with Gasteiger partial charge in [-0.2, -0.15) is 0 Å². The Morgan fingerprint density at radius 3 is 2.94 bits per heavy atom. The molecular weight excluding hydrogens is 275 g/mol. The average molecular weight is 284 g/mol. The zero-order chi connectivity index (χ0) is 13.1. The monoisotopic (exact) mass is 284 g/mol. The highest BCUT2D eigenvalue weighted by molar-refractivity contribution is 7.98. The van der Waals surface area contributed by atoms with Crippen LogP contribution in [0.1, 0.15) is 15.5 Å². The Hall–Kier alpha value is -1.60. The molecule has 0 aliphatic heterocycles. The predicted molar refractivity (Wildman–Crippen MR) is 69.4 cm³/mol. The number of hydrogen-bond donors (Lipinski definition) is 2. The zero-order valence-electron chi connectivity index (χ0n) is 9.09. The highest BCUT2D eigenvalue weighted by Gasteiger charge is 2.10. The lowest BCUT2D eigenvalue weighted by Gasteiger charge is -2.02. The fourth-order valence-corrected chi connectivity index (χ4v) is 2.83. The Kier molecular flexibility index (Phi) is 3.83. The first-order valence-electron chi connectivity index (χ1n) is 4.92. The van der Waals surface area contributed by atoms with Gasteiger partial charge < -0.3 is 10.8 Å². The molecule has 0 spiro atoms. The Balaban J connectivity index is 2.04. The number of nitrogens with two attached hydrogens (primary N) is 1. The van der Waals surface area contributed by atoms with Crippen LogP contribution in [-0.2, 0) is 5.75 Å². The van der Waals surface area contributed by atoms with E-state index in [9.17, 15) is 9.18 Å². The first-order valence-corrected chi connectivity index (χ1v) is 6.78. The molecule has 0 aliphatic carbocycles. The van der Waals surface area contributed by atoms with Gasteiger partial charge >= 0.3 is 5.97 Å². The number of thioether (sulfide) groups is 1. The predicted octanol–water partition coefficient (Wildman–Crippen LogP) is 2.85. The molecule has 0 radical (unpaired) electrons. The first-order chi connectivity index (χ1) is 8.56. The summed E-state index contributed by atoms with van der Waals surface area (Å²) in [5.41, 5.74) is 6.44. The highest BCUT2D eigenvalue weighted by Crippen LogP contribution is 2.27. The van der Waals surface area contributed by atoms with Crippen molar-refractivity contribution in [1.82, 2.24) is 4.98 Å². The largest absolute Gasteiger partial charge is 0.476 e. The van der Waals surface area contributed by atoms with Crippen molar-refractivity contribution in [2.75, 3.05) is 5.73 Å². The van der Waals surface area contributed by atoms with Gasteiger partial charge in [-0.1, -0.05) is 0 Å². The summed E-state index contributed by atoms with van der Waals surface area (Å²) >= 11 is 2.32. The molecule has 4 nitrogen and oxygen atoms in total. The molecule has 0 atom stereocenters. The maximum Gasteiger partial charge on any atom is 0.365 e. The number of rotatable bonds is 4. The molecule has 2 aromatic rings. The van der Waals surface area contributed by atoms with Crippen LogP contribution in [-0.4, -0.2) is 16.1 Å². The number of carboxylic acids is 1. The summed E-state index contributed by atoms with van der Waals surface area (Å²) in [5, 5.41) is 10.4. The molecule has 0 saturated heterocycles. The second kappa shape index (κ2) is 5.36. The summed E-state index contributed by atoms with van der Waals surface area (Å²) in [6.45, 7) is 0. The van der Waals surface area contributed by atoms with Gasteiger partial charge in [0.15, 0.2) is 0 Å². The Morgan fingerprint density at radius 2 is 2.33 bits per heavy atom. The Morgan fingerprint density at radius 1 is 1.56 bits per heavy atom. The summed E-state index contributed by atoms with van der Waals surface area (Å²) in [4.78, 5) is 15.0. The van der Waals surface area contributed by atoms with Gasteiger partial charge in [-0.25, -0.2) is 14.2 Å². The van der Waals surface area contributed by atoms with E-state index in [1.807, 2.05) is 0 Å². The fraction of sp³-hybridized carbons (Fsp3) is 0.0909. The highest BCUT2D eigenvalue weighted by atomic mass is 32.2. The molecule has 0 aliphatic rings. The number of nitrogens with zero attached hydrogens (tertiary/aromatic N) is 1. The van der Waals surface area contributed by atoms with Crippen molar-refractivity contribution in [3.05, 3.63) is 40.1 Å². The molecule has 0 bridgehead atoms. The van der Waals surface area contributed by atoms with Crippen LogP contribution in [0.25, 0.3) is 0 Å². The SMILES string of the molecule is Nc1ccc(SCc2csc(C(=O)O)n2)c(F)c1. The fourth-order valence-electron chi connectivity index (χ4n) is 1.26. The van der Waals surface area contributed by atoms with Gasteiger partial charge in [0.2, 0.25) is 5.01 Å². The third-order valence-electron chi connectivity index (χ3n) is 2.07. The van der Waals surface area contributed by atoms with Crippen LogP contribution in [0.5, 0.6) is 0 Å². The van der Waals surface area contributed by atoms with Crippen molar-refractivity contribution in [3.8, 4) is 0 Å². The van der Waals surface area contributed by atoms with E-state index in [2.05, 4.69) is 4.98 Å². The molecule has 94 valence electrons. The number of anilines is 1. The quantitative estimate of drug-likeness (QED) is 0.667. The number of carboxylic acid groups (broad SMARTS) is 1. The molecule has 3 N–H and O–H groups in total. The van der Waals surface area contributed by atoms with Gasteiger partial charge in [-0.3, -0.25) is 0 Å². The van der Waals surface area contributed by atoms with E-state index in [-0.39, 0.29) is 10.8 Å². The van der Waals surface area contributed by atoms with Gasteiger partial charge in [0.05, 0.1) is 5.69 Å². The molecule has 2 rings (SSSR count). The van der Waals surface area contributed by atoms with Crippen LogP contribution < -0.4 is 5.73 Å². The van der Waals surface area contributed by atoms with E-state index < -0.39 is 5.97 Å². The van der Waals surface area contributed by atoms with E-state index in [4.69, 9.17) is 10.8 Å². The summed E-state index contributed by atoms with van der Waals surface area (Å²) in [5.74, 6) is -1.01. The van der Waals surface area contributed by atoms with Crippen LogP contribution in [0, 0.1) is 5.82 Å². The third kappa shape index (κ3) is 2.99. The van der Waals surface area contributed by atoms with Crippen molar-refractivity contribution in [2.45, 2.75) is 10.6 Å². The van der Waals surface area contributed by atoms with Gasteiger partial charge in [-0.05, 0) is 18.2 Å². The molecular formula is C11H9FN2O2S2. The van der Waals surface area contributed by atoms with E-state index in [0.717, 1.165) is 11.3 Å². The lowest BCUT2D eigenvalue weighted by atomic mass is 10.3. The van der Waals surface area contributed by atoms with E-state index in [1.54, 1.807) is 17.5 Å². The maximum atomic E-state index is 13.5. The molecule has 18 heavy (non-hydrogen) atoms. The number of benzene rings is 1. The molecule has 0 unspecified atom stereocenters. The second-order valence-corrected chi connectivity index (χ2v) is 5.30. The summed E-state index contributed by atoms with van der Waals surface area (Å²) in [6.07, 6.45) is 0. The summed E-state index contributed by atoms with van der Waals surface area (Å²) < 4.78 is 13.5. The van der Waals surface area contributed by atoms with Crippen molar-refractivity contribution >= 4 is 34.8 Å². The molecule has 0 fully saturated rings. The maximum absolute atomic E-state index is 13.5. The third-order valence-corrected chi connectivity index (χ3v) is 4.03. The molecule has 1 heterocycles. The molecule has 7 heteroatoms. The summed E-state index contributed by atoms with van der Waals surface area (Å²) in [7, 11) is 0. The minimum atomic E-state index is -1.05. The van der Waals surface area contributed by atoms with Crippen molar-refractivity contribution in [3.63, 3.8) is 0 Å². The van der Waals surface area contributed by atoms with Gasteiger partial charge in [0, 0.05) is 21.7 Å². The zero-order valence-corrected chi connectivity index (χ0v) is 10.7. The lowest BCUT2D eigenvalue weighted by molar-refractivity contribution is 0.0696. The number of nitrogen functional groups attached to an aromatic ring is 1. The van der Waals surface area contributed by atoms with E-state index in [1.165, 1.54) is 17.8 Å². The van der Waals surface area contributed by atoms with Gasteiger partial charge in [0.25, 0.3) is 0 Å². The Labute approximate surface area is 111 Å². The van der Waals surface area contributed by atoms with Gasteiger partial charge in [-0.15, -0.1) is 23.1 Å². The second-order valence-electron chi connectivity index (χ2n) is 3.43. The molecule has 1 aromatic carbocycles. The van der Waals surface area contributed by atoms with Crippen LogP contribution in [0.3, 0.4) is 0 Å². The van der Waals surface area contributed by atoms with Crippen LogP contribution >= 0.6 is 23.1 Å². The number of thiazole rings is 1.